The van der Waals surface area contributed by atoms with Crippen molar-refractivity contribution >= 4 is 12.4 Å². The maximum atomic E-state index is 5.87. The second-order valence-corrected chi connectivity index (χ2v) is 2.97. The van der Waals surface area contributed by atoms with E-state index in [-0.39, 0.29) is 17.9 Å². The number of hydrogen-bond donors (Lipinski definition) is 1. The van der Waals surface area contributed by atoms with Gasteiger partial charge < -0.3 is 10.5 Å². The van der Waals surface area contributed by atoms with Crippen LogP contribution < -0.4 is 5.73 Å². The average Bonchev–Trinajstić information content (AvgIpc) is 2.12. The van der Waals surface area contributed by atoms with Crippen molar-refractivity contribution in [2.45, 2.75) is 18.4 Å². The molecule has 1 saturated heterocycles. The minimum Gasteiger partial charge on any atom is -0.381 e. The number of nitrogens with two attached hydrogens (primary N) is 1. The molecule has 1 heterocycles. The number of rotatable bonds is 1. The van der Waals surface area contributed by atoms with Gasteiger partial charge in [0.05, 0.1) is 13.2 Å². The first-order valence-electron chi connectivity index (χ1n) is 3.18. The summed E-state index contributed by atoms with van der Waals surface area (Å²) in [5, 5.41) is 0. The molecule has 1 aliphatic heterocycles. The molecule has 0 atom stereocenters. The van der Waals surface area contributed by atoms with Gasteiger partial charge in [0.2, 0.25) is 0 Å². The number of ether oxygens (including phenoxy) is 1. The molecule has 0 amide bonds. The van der Waals surface area contributed by atoms with Crippen molar-refractivity contribution in [2.75, 3.05) is 13.2 Å². The van der Waals surface area contributed by atoms with Gasteiger partial charge in [-0.15, -0.1) is 12.4 Å². The fraction of sp³-hybridized carbons (Fsp3) is 1.00. The zero-order valence-electron chi connectivity index (χ0n) is 5.30. The molecule has 2 aliphatic rings. The highest BCUT2D eigenvalue weighted by Gasteiger charge is 2.48. The predicted octanol–water partition coefficient (Wildman–Crippen LogP) is 0.546. The van der Waals surface area contributed by atoms with Gasteiger partial charge in [-0.2, -0.15) is 0 Å². The monoisotopic (exact) mass is 149 g/mol. The van der Waals surface area contributed by atoms with Crippen LogP contribution in [0.15, 0.2) is 0 Å². The predicted molar refractivity (Wildman–Crippen MR) is 37.7 cm³/mol. The molecule has 0 aromatic rings. The molecule has 0 aromatic carbocycles. The van der Waals surface area contributed by atoms with E-state index in [1.807, 2.05) is 0 Å². The van der Waals surface area contributed by atoms with Crippen molar-refractivity contribution in [1.82, 2.24) is 0 Å². The Bertz CT molecular complexity index is 110. The molecule has 3 heteroatoms. The van der Waals surface area contributed by atoms with Crippen molar-refractivity contribution in [3.63, 3.8) is 0 Å². The van der Waals surface area contributed by atoms with Crippen LogP contribution in [0.2, 0.25) is 0 Å². The van der Waals surface area contributed by atoms with Gasteiger partial charge in [0.15, 0.2) is 0 Å². The van der Waals surface area contributed by atoms with E-state index in [1.165, 1.54) is 12.8 Å². The lowest BCUT2D eigenvalue weighted by Crippen LogP contribution is -2.44. The summed E-state index contributed by atoms with van der Waals surface area (Å²) in [7, 11) is 0. The molecule has 0 radical (unpaired) electrons. The smallest absolute Gasteiger partial charge is 0.0534 e. The standard InChI is InChI=1S/C6H11NO.ClH/c7-6(1-2-6)5-3-8-4-5;/h5H,1-4,7H2;1H. The molecule has 1 aliphatic carbocycles. The van der Waals surface area contributed by atoms with Gasteiger partial charge in [-0.3, -0.25) is 0 Å². The van der Waals surface area contributed by atoms with Crippen molar-refractivity contribution < 1.29 is 4.74 Å². The zero-order valence-corrected chi connectivity index (χ0v) is 6.12. The van der Waals surface area contributed by atoms with E-state index in [4.69, 9.17) is 10.5 Å². The fourth-order valence-electron chi connectivity index (χ4n) is 1.12. The molecule has 9 heavy (non-hydrogen) atoms. The lowest BCUT2D eigenvalue weighted by atomic mass is 9.97. The van der Waals surface area contributed by atoms with E-state index in [0.717, 1.165) is 13.2 Å². The fourth-order valence-corrected chi connectivity index (χ4v) is 1.12. The molecule has 2 rings (SSSR count). The molecule has 2 fully saturated rings. The molecule has 0 bridgehead atoms. The van der Waals surface area contributed by atoms with E-state index < -0.39 is 0 Å². The third kappa shape index (κ3) is 1.07. The first-order chi connectivity index (χ1) is 3.81. The summed E-state index contributed by atoms with van der Waals surface area (Å²) < 4.78 is 5.02. The topological polar surface area (TPSA) is 35.2 Å². The van der Waals surface area contributed by atoms with Gasteiger partial charge >= 0.3 is 0 Å². The first-order valence-corrected chi connectivity index (χ1v) is 3.18. The number of halogens is 1. The molecule has 54 valence electrons. The van der Waals surface area contributed by atoms with Crippen LogP contribution in [0.3, 0.4) is 0 Å². The lowest BCUT2D eigenvalue weighted by molar-refractivity contribution is -0.0487. The second-order valence-electron chi connectivity index (χ2n) is 2.97. The minimum absolute atomic E-state index is 0. The van der Waals surface area contributed by atoms with E-state index >= 15 is 0 Å². The highest BCUT2D eigenvalue weighted by Crippen LogP contribution is 2.42. The van der Waals surface area contributed by atoms with Crippen molar-refractivity contribution in [3.8, 4) is 0 Å². The van der Waals surface area contributed by atoms with Crippen LogP contribution in [0.5, 0.6) is 0 Å². The maximum absolute atomic E-state index is 5.87. The summed E-state index contributed by atoms with van der Waals surface area (Å²) >= 11 is 0. The highest BCUT2D eigenvalue weighted by atomic mass is 35.5. The van der Waals surface area contributed by atoms with Crippen molar-refractivity contribution in [3.05, 3.63) is 0 Å². The lowest BCUT2D eigenvalue weighted by Gasteiger charge is -2.31. The molecule has 2 N–H and O–H groups in total. The van der Waals surface area contributed by atoms with Crippen LogP contribution in [-0.2, 0) is 4.74 Å². The SMILES string of the molecule is Cl.NC1(C2COC2)CC1. The van der Waals surface area contributed by atoms with Crippen LogP contribution in [0.1, 0.15) is 12.8 Å². The molecular formula is C6H12ClNO. The summed E-state index contributed by atoms with van der Waals surface area (Å²) in [5.41, 5.74) is 6.09. The van der Waals surface area contributed by atoms with Crippen LogP contribution in [0, 0.1) is 5.92 Å². The largest absolute Gasteiger partial charge is 0.381 e. The third-order valence-corrected chi connectivity index (χ3v) is 2.28. The van der Waals surface area contributed by atoms with E-state index in [9.17, 15) is 0 Å². The van der Waals surface area contributed by atoms with Crippen molar-refractivity contribution in [2.24, 2.45) is 11.7 Å². The molecule has 0 spiro atoms. The van der Waals surface area contributed by atoms with E-state index in [0.29, 0.717) is 5.92 Å². The Kier molecular flexibility index (Phi) is 1.72. The van der Waals surface area contributed by atoms with Gasteiger partial charge in [-0.25, -0.2) is 0 Å². The third-order valence-electron chi connectivity index (χ3n) is 2.28. The number of hydrogen-bond acceptors (Lipinski definition) is 2. The zero-order chi connectivity index (χ0) is 5.61. The Hall–Kier alpha value is 0.210. The average molecular weight is 150 g/mol. The van der Waals surface area contributed by atoms with Gasteiger partial charge in [-0.1, -0.05) is 0 Å². The Morgan fingerprint density at radius 2 is 1.89 bits per heavy atom. The Balaban J connectivity index is 0.000000405. The second kappa shape index (κ2) is 2.11. The van der Waals surface area contributed by atoms with Gasteiger partial charge in [0.1, 0.15) is 0 Å². The highest BCUT2D eigenvalue weighted by molar-refractivity contribution is 5.85. The van der Waals surface area contributed by atoms with Crippen LogP contribution in [0.4, 0.5) is 0 Å². The van der Waals surface area contributed by atoms with E-state index in [2.05, 4.69) is 0 Å². The van der Waals surface area contributed by atoms with Gasteiger partial charge in [-0.05, 0) is 12.8 Å². The summed E-state index contributed by atoms with van der Waals surface area (Å²) in [6, 6.07) is 0. The summed E-state index contributed by atoms with van der Waals surface area (Å²) in [5.74, 6) is 0.697. The minimum atomic E-state index is 0. The molecule has 0 aromatic heterocycles. The molecular weight excluding hydrogens is 138 g/mol. The summed E-state index contributed by atoms with van der Waals surface area (Å²) in [6.45, 7) is 1.83. The summed E-state index contributed by atoms with van der Waals surface area (Å²) in [6.07, 6.45) is 2.45. The Morgan fingerprint density at radius 1 is 1.33 bits per heavy atom. The molecule has 1 saturated carbocycles. The normalized spacial score (nSPS) is 30.3. The summed E-state index contributed by atoms with van der Waals surface area (Å²) in [4.78, 5) is 0. The Morgan fingerprint density at radius 3 is 2.00 bits per heavy atom. The van der Waals surface area contributed by atoms with Crippen molar-refractivity contribution in [1.29, 1.82) is 0 Å². The Labute approximate surface area is 61.2 Å². The van der Waals surface area contributed by atoms with Crippen LogP contribution in [0.25, 0.3) is 0 Å². The van der Waals surface area contributed by atoms with Crippen LogP contribution in [-0.4, -0.2) is 18.8 Å². The van der Waals surface area contributed by atoms with Gasteiger partial charge in [0, 0.05) is 11.5 Å². The maximum Gasteiger partial charge on any atom is 0.0534 e. The quantitative estimate of drug-likeness (QED) is 0.591. The van der Waals surface area contributed by atoms with Crippen LogP contribution >= 0.6 is 12.4 Å². The first kappa shape index (κ1) is 7.32. The molecule has 2 nitrogen and oxygen atoms in total. The van der Waals surface area contributed by atoms with E-state index in [1.54, 1.807) is 0 Å². The molecule has 0 unspecified atom stereocenters. The van der Waals surface area contributed by atoms with Gasteiger partial charge in [0.25, 0.3) is 0 Å².